The van der Waals surface area contributed by atoms with Crippen LogP contribution in [0.15, 0.2) is 55.0 Å². The van der Waals surface area contributed by atoms with E-state index in [2.05, 4.69) is 38.2 Å². The number of likely N-dealkylation sites (N-methyl/N-ethyl adjacent to an activating group) is 1. The van der Waals surface area contributed by atoms with Crippen molar-refractivity contribution < 1.29 is 9.13 Å². The van der Waals surface area contributed by atoms with Crippen molar-refractivity contribution in [2.45, 2.75) is 13.5 Å². The van der Waals surface area contributed by atoms with E-state index in [1.165, 1.54) is 6.33 Å². The van der Waals surface area contributed by atoms with Crippen LogP contribution in [0, 0.1) is 17.1 Å². The predicted molar refractivity (Wildman–Crippen MR) is 134 cm³/mol. The molecule has 2 aromatic heterocycles. The predicted octanol–water partition coefficient (Wildman–Crippen LogP) is 4.75. The molecule has 0 bridgehead atoms. The van der Waals surface area contributed by atoms with Gasteiger partial charge in [-0.15, -0.1) is 0 Å². The highest BCUT2D eigenvalue weighted by Gasteiger charge is 2.18. The Morgan fingerprint density at radius 3 is 2.54 bits per heavy atom. The molecule has 1 fully saturated rings. The SMILES string of the molecule is CCn1ccc2c(F)c(Oc3ncnc(Nc4ccc(N5CCN(C)CC5)cc4)c3C#N)ccc21. The van der Waals surface area contributed by atoms with E-state index in [-0.39, 0.29) is 17.2 Å². The Bertz CT molecular complexity index is 1390. The lowest BCUT2D eigenvalue weighted by Gasteiger charge is -2.34. The number of hydrogen-bond acceptors (Lipinski definition) is 7. The second-order valence-corrected chi connectivity index (χ2v) is 8.49. The molecule has 1 aliphatic rings. The normalized spacial score (nSPS) is 14.2. The number of halogens is 1. The van der Waals surface area contributed by atoms with Crippen molar-refractivity contribution in [1.82, 2.24) is 19.4 Å². The minimum absolute atomic E-state index is 0.00373. The topological polar surface area (TPSA) is 82.2 Å². The molecule has 0 radical (unpaired) electrons. The highest BCUT2D eigenvalue weighted by atomic mass is 19.1. The van der Waals surface area contributed by atoms with Gasteiger partial charge in [-0.25, -0.2) is 14.4 Å². The number of piperazine rings is 1. The molecule has 1 N–H and O–H groups in total. The summed E-state index contributed by atoms with van der Waals surface area (Å²) in [5.74, 6) is -0.203. The average Bonchev–Trinajstić information content (AvgIpc) is 3.31. The van der Waals surface area contributed by atoms with Gasteiger partial charge in [0.1, 0.15) is 12.4 Å². The van der Waals surface area contributed by atoms with Gasteiger partial charge in [0.2, 0.25) is 5.88 Å². The lowest BCUT2D eigenvalue weighted by Crippen LogP contribution is -2.44. The van der Waals surface area contributed by atoms with E-state index in [0.29, 0.717) is 11.2 Å². The van der Waals surface area contributed by atoms with Gasteiger partial charge in [0.15, 0.2) is 22.9 Å². The first-order valence-electron chi connectivity index (χ1n) is 11.6. The zero-order valence-corrected chi connectivity index (χ0v) is 19.7. The molecule has 178 valence electrons. The van der Waals surface area contributed by atoms with Crippen molar-refractivity contribution in [1.29, 1.82) is 5.26 Å². The fraction of sp³-hybridized carbons (Fsp3) is 0.269. The third kappa shape index (κ3) is 4.48. The van der Waals surface area contributed by atoms with E-state index in [4.69, 9.17) is 4.74 Å². The molecule has 9 heteroatoms. The molecular weight excluding hydrogens is 445 g/mol. The van der Waals surface area contributed by atoms with E-state index in [1.54, 1.807) is 18.2 Å². The number of nitrogens with one attached hydrogen (secondary N) is 1. The monoisotopic (exact) mass is 471 g/mol. The third-order valence-corrected chi connectivity index (χ3v) is 6.32. The maximum atomic E-state index is 15.1. The average molecular weight is 472 g/mol. The van der Waals surface area contributed by atoms with Crippen LogP contribution in [-0.4, -0.2) is 52.7 Å². The van der Waals surface area contributed by atoms with Crippen LogP contribution in [0.2, 0.25) is 0 Å². The number of ether oxygens (including phenoxy) is 1. The van der Waals surface area contributed by atoms with E-state index in [9.17, 15) is 5.26 Å². The second-order valence-electron chi connectivity index (χ2n) is 8.49. The van der Waals surface area contributed by atoms with E-state index in [1.807, 2.05) is 42.0 Å². The molecule has 0 spiro atoms. The quantitative estimate of drug-likeness (QED) is 0.435. The summed E-state index contributed by atoms with van der Waals surface area (Å²) >= 11 is 0. The van der Waals surface area contributed by atoms with Gasteiger partial charge in [-0.3, -0.25) is 0 Å². The van der Waals surface area contributed by atoms with Gasteiger partial charge in [0.05, 0.1) is 5.52 Å². The molecular formula is C26H26FN7O. The Morgan fingerprint density at radius 2 is 1.83 bits per heavy atom. The van der Waals surface area contributed by atoms with Crippen LogP contribution in [0.3, 0.4) is 0 Å². The van der Waals surface area contributed by atoms with Crippen LogP contribution in [0.5, 0.6) is 11.6 Å². The first-order valence-corrected chi connectivity index (χ1v) is 11.6. The third-order valence-electron chi connectivity index (χ3n) is 6.32. The molecule has 3 heterocycles. The summed E-state index contributed by atoms with van der Waals surface area (Å²) in [5, 5.41) is 13.4. The van der Waals surface area contributed by atoms with Crippen molar-refractivity contribution in [3.8, 4) is 17.7 Å². The van der Waals surface area contributed by atoms with E-state index < -0.39 is 5.82 Å². The maximum absolute atomic E-state index is 15.1. The molecule has 4 aromatic rings. The highest BCUT2D eigenvalue weighted by Crippen LogP contribution is 2.33. The maximum Gasteiger partial charge on any atom is 0.242 e. The molecule has 1 aliphatic heterocycles. The van der Waals surface area contributed by atoms with Crippen LogP contribution in [-0.2, 0) is 6.54 Å². The zero-order chi connectivity index (χ0) is 24.4. The summed E-state index contributed by atoms with van der Waals surface area (Å²) in [4.78, 5) is 13.0. The first kappa shape index (κ1) is 22.6. The number of nitriles is 1. The molecule has 0 saturated carbocycles. The van der Waals surface area contributed by atoms with Crippen molar-refractivity contribution in [3.05, 3.63) is 66.4 Å². The summed E-state index contributed by atoms with van der Waals surface area (Å²) in [5.41, 5.74) is 2.81. The summed E-state index contributed by atoms with van der Waals surface area (Å²) in [6.45, 7) is 6.77. The number of aromatic nitrogens is 3. The number of benzene rings is 2. The Balaban J connectivity index is 1.37. The largest absolute Gasteiger partial charge is 0.434 e. The number of rotatable bonds is 6. The molecule has 0 aliphatic carbocycles. The molecule has 1 saturated heterocycles. The molecule has 8 nitrogen and oxygen atoms in total. The van der Waals surface area contributed by atoms with Crippen LogP contribution >= 0.6 is 0 Å². The lowest BCUT2D eigenvalue weighted by atomic mass is 10.2. The number of nitrogens with zero attached hydrogens (tertiary/aromatic N) is 6. The summed E-state index contributed by atoms with van der Waals surface area (Å²) in [6.07, 6.45) is 3.13. The molecule has 0 amide bonds. The van der Waals surface area contributed by atoms with Crippen molar-refractivity contribution >= 4 is 28.1 Å². The van der Waals surface area contributed by atoms with Crippen LogP contribution in [0.25, 0.3) is 10.9 Å². The molecule has 35 heavy (non-hydrogen) atoms. The number of aryl methyl sites for hydroxylation is 1. The number of anilines is 3. The van der Waals surface area contributed by atoms with Gasteiger partial charge >= 0.3 is 0 Å². The summed E-state index contributed by atoms with van der Waals surface area (Å²) in [7, 11) is 2.13. The van der Waals surface area contributed by atoms with Gasteiger partial charge in [-0.2, -0.15) is 5.26 Å². The minimum atomic E-state index is -0.494. The zero-order valence-electron chi connectivity index (χ0n) is 19.7. The minimum Gasteiger partial charge on any atom is -0.434 e. The Morgan fingerprint density at radius 1 is 1.06 bits per heavy atom. The first-order chi connectivity index (χ1) is 17.1. The second kappa shape index (κ2) is 9.60. The van der Waals surface area contributed by atoms with Crippen molar-refractivity contribution in [3.63, 3.8) is 0 Å². The lowest BCUT2D eigenvalue weighted by molar-refractivity contribution is 0.313. The van der Waals surface area contributed by atoms with Crippen LogP contribution < -0.4 is 15.0 Å². The summed E-state index contributed by atoms with van der Waals surface area (Å²) < 4.78 is 22.8. The van der Waals surface area contributed by atoms with E-state index in [0.717, 1.165) is 49.6 Å². The number of fused-ring (bicyclic) bond motifs is 1. The van der Waals surface area contributed by atoms with Gasteiger partial charge in [0.25, 0.3) is 0 Å². The van der Waals surface area contributed by atoms with Gasteiger partial charge in [-0.1, -0.05) is 0 Å². The molecule has 0 atom stereocenters. The van der Waals surface area contributed by atoms with Crippen LogP contribution in [0.1, 0.15) is 12.5 Å². The highest BCUT2D eigenvalue weighted by molar-refractivity contribution is 5.82. The van der Waals surface area contributed by atoms with Crippen LogP contribution in [0.4, 0.5) is 21.6 Å². The molecule has 5 rings (SSSR count). The molecule has 2 aromatic carbocycles. The van der Waals surface area contributed by atoms with Crippen molar-refractivity contribution in [2.75, 3.05) is 43.4 Å². The summed E-state index contributed by atoms with van der Waals surface area (Å²) in [6, 6.07) is 15.1. The standard InChI is InChI=1S/C26H26FN7O/c1-3-33-11-10-20-22(33)8-9-23(24(20)27)35-26-21(16-28)25(29-17-30-26)31-18-4-6-19(7-5-18)34-14-12-32(2)13-15-34/h4-11,17H,3,12-15H2,1-2H3,(H,29,30,31). The van der Waals surface area contributed by atoms with Gasteiger partial charge < -0.3 is 24.4 Å². The van der Waals surface area contributed by atoms with Gasteiger partial charge in [-0.05, 0) is 56.4 Å². The molecule has 0 unspecified atom stereocenters. The van der Waals surface area contributed by atoms with E-state index >= 15 is 4.39 Å². The van der Waals surface area contributed by atoms with Gasteiger partial charge in [0, 0.05) is 55.7 Å². The Labute approximate surface area is 203 Å². The Hall–Kier alpha value is -4.16. The van der Waals surface area contributed by atoms with Crippen molar-refractivity contribution in [2.24, 2.45) is 0 Å². The Kier molecular flexibility index (Phi) is 6.21. The fourth-order valence-electron chi connectivity index (χ4n) is 4.27. The number of hydrogen-bond donors (Lipinski definition) is 1. The fourth-order valence-corrected chi connectivity index (χ4v) is 4.27. The smallest absolute Gasteiger partial charge is 0.242 e.